The van der Waals surface area contributed by atoms with Crippen LogP contribution in [0.25, 0.3) is 0 Å². The van der Waals surface area contributed by atoms with Crippen LogP contribution >= 0.6 is 12.6 Å². The molecule has 0 aliphatic carbocycles. The molecule has 0 spiro atoms. The monoisotopic (exact) mass is 165 g/mol. The molecule has 0 radical (unpaired) electrons. The lowest BCUT2D eigenvalue weighted by atomic mass is 10.1. The van der Waals surface area contributed by atoms with E-state index in [4.69, 9.17) is 5.41 Å². The van der Waals surface area contributed by atoms with Gasteiger partial charge in [0.1, 0.15) is 5.71 Å². The fourth-order valence-electron chi connectivity index (χ4n) is 0.709. The van der Waals surface area contributed by atoms with Crippen LogP contribution in [0.1, 0.15) is 5.56 Å². The summed E-state index contributed by atoms with van der Waals surface area (Å²) in [6, 6.07) is 6.88. The van der Waals surface area contributed by atoms with Gasteiger partial charge in [0.05, 0.1) is 0 Å². The normalized spacial score (nSPS) is 9.18. The molecule has 0 bridgehead atoms. The number of hydrogen-bond donors (Lipinski definition) is 2. The lowest BCUT2D eigenvalue weighted by Crippen LogP contribution is -1.98. The number of carbonyl (C=O) groups is 1. The van der Waals surface area contributed by atoms with Crippen LogP contribution in [0.3, 0.4) is 0 Å². The van der Waals surface area contributed by atoms with Crippen molar-refractivity contribution in [2.24, 2.45) is 0 Å². The molecule has 0 amide bonds. The Kier molecular flexibility index (Phi) is 2.44. The quantitative estimate of drug-likeness (QED) is 0.389. The zero-order valence-corrected chi connectivity index (χ0v) is 6.64. The van der Waals surface area contributed by atoms with Gasteiger partial charge in [-0.05, 0) is 12.1 Å². The molecule has 56 valence electrons. The molecule has 3 heteroatoms. The average Bonchev–Trinajstić information content (AvgIpc) is 2.05. The van der Waals surface area contributed by atoms with Crippen LogP contribution in [0.4, 0.5) is 0 Å². The van der Waals surface area contributed by atoms with E-state index in [1.165, 1.54) is 0 Å². The Balaban J connectivity index is 2.98. The summed E-state index contributed by atoms with van der Waals surface area (Å²) < 4.78 is 0. The van der Waals surface area contributed by atoms with Gasteiger partial charge < -0.3 is 0 Å². The van der Waals surface area contributed by atoms with E-state index < -0.39 is 0 Å². The van der Waals surface area contributed by atoms with Crippen LogP contribution in [-0.4, -0.2) is 12.0 Å². The number of rotatable bonds is 2. The first-order chi connectivity index (χ1) is 5.24. The smallest absolute Gasteiger partial charge is 0.168 e. The maximum Gasteiger partial charge on any atom is 0.168 e. The molecule has 1 aromatic rings. The summed E-state index contributed by atoms with van der Waals surface area (Å²) >= 11 is 4.07. The highest BCUT2D eigenvalue weighted by Crippen LogP contribution is 2.07. The molecule has 0 fully saturated rings. The highest BCUT2D eigenvalue weighted by Gasteiger charge is 1.96. The van der Waals surface area contributed by atoms with Gasteiger partial charge in [-0.15, -0.1) is 12.6 Å². The van der Waals surface area contributed by atoms with Gasteiger partial charge in [0.15, 0.2) is 6.29 Å². The van der Waals surface area contributed by atoms with Gasteiger partial charge in [0, 0.05) is 10.5 Å². The first kappa shape index (κ1) is 8.01. The third kappa shape index (κ3) is 1.91. The Morgan fingerprint density at radius 1 is 1.36 bits per heavy atom. The van der Waals surface area contributed by atoms with E-state index in [1.54, 1.807) is 24.3 Å². The molecule has 1 rings (SSSR count). The third-order valence-electron chi connectivity index (χ3n) is 1.30. The summed E-state index contributed by atoms with van der Waals surface area (Å²) in [5.41, 5.74) is 0.621. The molecular formula is C8H7NOS. The topological polar surface area (TPSA) is 40.9 Å². The van der Waals surface area contributed by atoms with E-state index in [-0.39, 0.29) is 5.71 Å². The van der Waals surface area contributed by atoms with E-state index in [0.717, 1.165) is 4.90 Å². The summed E-state index contributed by atoms with van der Waals surface area (Å²) in [5, 5.41) is 7.16. The second-order valence-corrected chi connectivity index (χ2v) is 2.59. The average molecular weight is 165 g/mol. The Morgan fingerprint density at radius 3 is 2.36 bits per heavy atom. The molecule has 0 saturated carbocycles. The van der Waals surface area contributed by atoms with Crippen LogP contribution in [-0.2, 0) is 4.79 Å². The maximum absolute atomic E-state index is 10.1. The number of carbonyl (C=O) groups excluding carboxylic acids is 1. The molecule has 0 heterocycles. The van der Waals surface area contributed by atoms with Crippen molar-refractivity contribution in [2.45, 2.75) is 4.90 Å². The fraction of sp³-hybridized carbons (Fsp3) is 0. The zero-order chi connectivity index (χ0) is 8.27. The predicted molar refractivity (Wildman–Crippen MR) is 46.6 cm³/mol. The van der Waals surface area contributed by atoms with Gasteiger partial charge in [-0.3, -0.25) is 10.2 Å². The number of hydrogen-bond acceptors (Lipinski definition) is 3. The molecule has 0 saturated heterocycles. The number of thiol groups is 1. The van der Waals surface area contributed by atoms with Crippen molar-refractivity contribution in [3.63, 3.8) is 0 Å². The van der Waals surface area contributed by atoms with Crippen molar-refractivity contribution < 1.29 is 4.79 Å². The summed E-state index contributed by atoms with van der Waals surface area (Å²) in [4.78, 5) is 11.0. The second-order valence-electron chi connectivity index (χ2n) is 2.08. The minimum Gasteiger partial charge on any atom is -0.297 e. The molecular weight excluding hydrogens is 158 g/mol. The molecule has 0 unspecified atom stereocenters. The summed E-state index contributed by atoms with van der Waals surface area (Å²) in [7, 11) is 0. The van der Waals surface area contributed by atoms with E-state index in [9.17, 15) is 4.79 Å². The zero-order valence-electron chi connectivity index (χ0n) is 5.74. The SMILES string of the molecule is N=C(C=O)c1ccc(S)cc1. The third-order valence-corrected chi connectivity index (χ3v) is 1.59. The summed E-state index contributed by atoms with van der Waals surface area (Å²) in [5.74, 6) is 0. The van der Waals surface area contributed by atoms with Crippen LogP contribution in [0, 0.1) is 5.41 Å². The van der Waals surface area contributed by atoms with Gasteiger partial charge in [0.25, 0.3) is 0 Å². The van der Waals surface area contributed by atoms with Crippen molar-refractivity contribution in [3.8, 4) is 0 Å². The molecule has 11 heavy (non-hydrogen) atoms. The van der Waals surface area contributed by atoms with Crippen LogP contribution < -0.4 is 0 Å². The fourth-order valence-corrected chi connectivity index (χ4v) is 0.858. The van der Waals surface area contributed by atoms with Gasteiger partial charge in [-0.2, -0.15) is 0 Å². The first-order valence-corrected chi connectivity index (χ1v) is 3.52. The van der Waals surface area contributed by atoms with Gasteiger partial charge in [-0.25, -0.2) is 0 Å². The Labute approximate surface area is 70.2 Å². The lowest BCUT2D eigenvalue weighted by Gasteiger charge is -1.95. The van der Waals surface area contributed by atoms with Gasteiger partial charge in [0.2, 0.25) is 0 Å². The predicted octanol–water partition coefficient (Wildman–Crippen LogP) is 1.54. The van der Waals surface area contributed by atoms with Crippen LogP contribution in [0.15, 0.2) is 29.2 Å². The summed E-state index contributed by atoms with van der Waals surface area (Å²) in [6.45, 7) is 0. The van der Waals surface area contributed by atoms with Crippen LogP contribution in [0.2, 0.25) is 0 Å². The van der Waals surface area contributed by atoms with Crippen molar-refractivity contribution in [2.75, 3.05) is 0 Å². The number of benzene rings is 1. The number of nitrogens with one attached hydrogen (secondary N) is 1. The summed E-state index contributed by atoms with van der Waals surface area (Å²) in [6.07, 6.45) is 0.521. The maximum atomic E-state index is 10.1. The Bertz CT molecular complexity index is 279. The lowest BCUT2D eigenvalue weighted by molar-refractivity contribution is -0.102. The second kappa shape index (κ2) is 3.34. The molecule has 1 aromatic carbocycles. The largest absolute Gasteiger partial charge is 0.297 e. The van der Waals surface area contributed by atoms with Gasteiger partial charge >= 0.3 is 0 Å². The highest BCUT2D eigenvalue weighted by molar-refractivity contribution is 7.80. The minimum absolute atomic E-state index is 0.00154. The molecule has 0 aliphatic rings. The van der Waals surface area contributed by atoms with Crippen molar-refractivity contribution in [3.05, 3.63) is 29.8 Å². The number of aldehydes is 1. The van der Waals surface area contributed by atoms with Crippen molar-refractivity contribution in [1.29, 1.82) is 5.41 Å². The molecule has 0 aromatic heterocycles. The molecule has 0 atom stereocenters. The van der Waals surface area contributed by atoms with E-state index >= 15 is 0 Å². The molecule has 1 N–H and O–H groups in total. The van der Waals surface area contributed by atoms with E-state index in [1.807, 2.05) is 0 Å². The molecule has 2 nitrogen and oxygen atoms in total. The first-order valence-electron chi connectivity index (χ1n) is 3.07. The highest BCUT2D eigenvalue weighted by atomic mass is 32.1. The van der Waals surface area contributed by atoms with E-state index in [0.29, 0.717) is 11.8 Å². The Morgan fingerprint density at radius 2 is 1.91 bits per heavy atom. The molecule has 0 aliphatic heterocycles. The van der Waals surface area contributed by atoms with Crippen molar-refractivity contribution >= 4 is 24.6 Å². The van der Waals surface area contributed by atoms with Crippen molar-refractivity contribution in [1.82, 2.24) is 0 Å². The van der Waals surface area contributed by atoms with Gasteiger partial charge in [-0.1, -0.05) is 12.1 Å². The minimum atomic E-state index is -0.00154. The van der Waals surface area contributed by atoms with E-state index in [2.05, 4.69) is 12.6 Å². The van der Waals surface area contributed by atoms with Crippen LogP contribution in [0.5, 0.6) is 0 Å². The standard InChI is InChI=1S/C8H7NOS/c9-8(5-10)6-1-3-7(11)4-2-6/h1-5,9,11H. The Hall–Kier alpha value is -1.09.